The number of carbonyl (C=O) groups excluding carboxylic acids is 1. The summed E-state index contributed by atoms with van der Waals surface area (Å²) in [6, 6.07) is 14.7. The molecular formula is C26H30N6O5S. The monoisotopic (exact) mass is 538 g/mol. The molecule has 1 aliphatic rings. The molecule has 1 fully saturated rings. The van der Waals surface area contributed by atoms with E-state index >= 15 is 0 Å². The van der Waals surface area contributed by atoms with Gasteiger partial charge in [-0.15, -0.1) is 0 Å². The Morgan fingerprint density at radius 1 is 0.974 bits per heavy atom. The van der Waals surface area contributed by atoms with Crippen molar-refractivity contribution < 1.29 is 23.1 Å². The third-order valence-electron chi connectivity index (χ3n) is 6.19. The molecule has 2 heterocycles. The standard InChI is InChI=1S/C26H30N6O5S/c33-24(29-18-22(25(34)35)31-38(36,37)21-8-3-1-4-9-21)19-11-13-20(14-12-19)32-17-6-2-5-10-23(32)30-26-27-15-7-16-28-26/h1,3-4,7-9,11-16,22-23,31H,2,5-6,10,17-18H2,(H,29,33)(H,34,35)(H,27,28,30)/t22-,23-/m0/s1. The van der Waals surface area contributed by atoms with Crippen LogP contribution in [0.4, 0.5) is 11.6 Å². The molecule has 200 valence electrons. The van der Waals surface area contributed by atoms with Gasteiger partial charge in [0.15, 0.2) is 0 Å². The smallest absolute Gasteiger partial charge is 0.323 e. The summed E-state index contributed by atoms with van der Waals surface area (Å²) in [5.41, 5.74) is 1.26. The van der Waals surface area contributed by atoms with E-state index in [1.54, 1.807) is 36.7 Å². The molecule has 0 unspecified atom stereocenters. The summed E-state index contributed by atoms with van der Waals surface area (Å²) in [7, 11) is -4.07. The van der Waals surface area contributed by atoms with Crippen LogP contribution in [-0.4, -0.2) is 60.7 Å². The Balaban J connectivity index is 1.40. The fourth-order valence-corrected chi connectivity index (χ4v) is 5.44. The number of sulfonamides is 1. The Morgan fingerprint density at radius 3 is 2.37 bits per heavy atom. The normalized spacial score (nSPS) is 16.7. The first kappa shape index (κ1) is 27.0. The molecule has 3 aromatic rings. The average molecular weight is 539 g/mol. The average Bonchev–Trinajstić information content (AvgIpc) is 3.17. The summed E-state index contributed by atoms with van der Waals surface area (Å²) in [6.45, 7) is 0.412. The largest absolute Gasteiger partial charge is 0.480 e. The highest BCUT2D eigenvalue weighted by Gasteiger charge is 2.26. The first-order valence-electron chi connectivity index (χ1n) is 12.3. The summed E-state index contributed by atoms with van der Waals surface area (Å²) < 4.78 is 27.2. The van der Waals surface area contributed by atoms with E-state index in [0.717, 1.165) is 37.9 Å². The summed E-state index contributed by atoms with van der Waals surface area (Å²) in [6.07, 6.45) is 7.50. The zero-order valence-corrected chi connectivity index (χ0v) is 21.5. The van der Waals surface area contributed by atoms with Crippen molar-refractivity contribution in [2.45, 2.75) is 42.8 Å². The van der Waals surface area contributed by atoms with Gasteiger partial charge in [-0.1, -0.05) is 24.6 Å². The van der Waals surface area contributed by atoms with Crippen LogP contribution in [0.3, 0.4) is 0 Å². The van der Waals surface area contributed by atoms with E-state index in [-0.39, 0.29) is 11.1 Å². The number of benzene rings is 2. The lowest BCUT2D eigenvalue weighted by Gasteiger charge is -2.32. The van der Waals surface area contributed by atoms with Crippen LogP contribution < -0.4 is 20.3 Å². The molecular weight excluding hydrogens is 508 g/mol. The maximum Gasteiger partial charge on any atom is 0.323 e. The first-order valence-corrected chi connectivity index (χ1v) is 13.8. The minimum Gasteiger partial charge on any atom is -0.480 e. The van der Waals surface area contributed by atoms with Gasteiger partial charge < -0.3 is 20.6 Å². The van der Waals surface area contributed by atoms with Crippen LogP contribution in [0.1, 0.15) is 36.0 Å². The Bertz CT molecular complexity index is 1320. The summed E-state index contributed by atoms with van der Waals surface area (Å²) in [5, 5.41) is 15.4. The molecule has 0 bridgehead atoms. The molecule has 0 saturated carbocycles. The molecule has 2 aromatic carbocycles. The van der Waals surface area contributed by atoms with Crippen molar-refractivity contribution in [3.8, 4) is 0 Å². The van der Waals surface area contributed by atoms with E-state index < -0.39 is 34.5 Å². The quantitative estimate of drug-likeness (QED) is 0.305. The van der Waals surface area contributed by atoms with Crippen molar-refractivity contribution in [1.82, 2.24) is 20.0 Å². The van der Waals surface area contributed by atoms with Crippen LogP contribution in [0, 0.1) is 0 Å². The maximum absolute atomic E-state index is 12.7. The third kappa shape index (κ3) is 7.05. The molecule has 2 atom stereocenters. The van der Waals surface area contributed by atoms with Crippen LogP contribution in [0.15, 0.2) is 78.0 Å². The molecule has 4 rings (SSSR count). The van der Waals surface area contributed by atoms with E-state index in [1.807, 2.05) is 12.1 Å². The number of nitrogens with one attached hydrogen (secondary N) is 3. The predicted octanol–water partition coefficient (Wildman–Crippen LogP) is 2.46. The first-order chi connectivity index (χ1) is 18.3. The van der Waals surface area contributed by atoms with Crippen molar-refractivity contribution in [1.29, 1.82) is 0 Å². The number of hydrogen-bond acceptors (Lipinski definition) is 8. The van der Waals surface area contributed by atoms with Gasteiger partial charge >= 0.3 is 5.97 Å². The minimum atomic E-state index is -4.07. The summed E-state index contributed by atoms with van der Waals surface area (Å²) in [4.78, 5) is 35.1. The molecule has 1 aromatic heterocycles. The second-order valence-electron chi connectivity index (χ2n) is 8.86. The number of carboxylic acid groups (broad SMARTS) is 1. The highest BCUT2D eigenvalue weighted by molar-refractivity contribution is 7.89. The van der Waals surface area contributed by atoms with Gasteiger partial charge in [0.1, 0.15) is 12.2 Å². The van der Waals surface area contributed by atoms with Crippen molar-refractivity contribution in [2.24, 2.45) is 0 Å². The molecule has 1 amide bonds. The molecule has 0 radical (unpaired) electrons. The SMILES string of the molecule is O=C(NC[C@H](NS(=O)(=O)c1ccccc1)C(=O)O)c1ccc(N2CCCCC[C@H]2Nc2ncccn2)cc1. The van der Waals surface area contributed by atoms with E-state index in [1.165, 1.54) is 24.3 Å². The Labute approximate surface area is 221 Å². The fraction of sp³-hybridized carbons (Fsp3) is 0.308. The highest BCUT2D eigenvalue weighted by atomic mass is 32.2. The van der Waals surface area contributed by atoms with Crippen LogP contribution in [0.2, 0.25) is 0 Å². The lowest BCUT2D eigenvalue weighted by Crippen LogP contribution is -2.48. The Hall–Kier alpha value is -4.03. The van der Waals surface area contributed by atoms with Gasteiger partial charge in [-0.05, 0) is 61.7 Å². The van der Waals surface area contributed by atoms with Crippen molar-refractivity contribution in [3.05, 3.63) is 78.6 Å². The topological polar surface area (TPSA) is 154 Å². The number of anilines is 2. The molecule has 0 spiro atoms. The molecule has 1 aliphatic heterocycles. The number of amides is 1. The molecule has 38 heavy (non-hydrogen) atoms. The highest BCUT2D eigenvalue weighted by Crippen LogP contribution is 2.25. The molecule has 0 aliphatic carbocycles. The van der Waals surface area contributed by atoms with Gasteiger partial charge in [0.2, 0.25) is 16.0 Å². The second-order valence-corrected chi connectivity index (χ2v) is 10.6. The summed E-state index contributed by atoms with van der Waals surface area (Å²) >= 11 is 0. The fourth-order valence-electron chi connectivity index (χ4n) is 4.23. The van der Waals surface area contributed by atoms with E-state index in [9.17, 15) is 23.1 Å². The van der Waals surface area contributed by atoms with Gasteiger partial charge in [-0.2, -0.15) is 4.72 Å². The predicted molar refractivity (Wildman–Crippen MR) is 142 cm³/mol. The van der Waals surface area contributed by atoms with E-state index in [0.29, 0.717) is 11.5 Å². The second kappa shape index (κ2) is 12.5. The van der Waals surface area contributed by atoms with Gasteiger partial charge in [-0.25, -0.2) is 18.4 Å². The van der Waals surface area contributed by atoms with E-state index in [4.69, 9.17) is 0 Å². The lowest BCUT2D eigenvalue weighted by atomic mass is 10.1. The van der Waals surface area contributed by atoms with Crippen molar-refractivity contribution >= 4 is 33.5 Å². The van der Waals surface area contributed by atoms with Crippen LogP contribution in [-0.2, 0) is 14.8 Å². The van der Waals surface area contributed by atoms with Crippen LogP contribution in [0.25, 0.3) is 0 Å². The number of aromatic nitrogens is 2. The number of hydrogen-bond donors (Lipinski definition) is 4. The number of aliphatic carboxylic acids is 1. The number of rotatable bonds is 10. The lowest BCUT2D eigenvalue weighted by molar-refractivity contribution is -0.138. The van der Waals surface area contributed by atoms with E-state index in [2.05, 4.69) is 30.2 Å². The Morgan fingerprint density at radius 2 is 1.68 bits per heavy atom. The van der Waals surface area contributed by atoms with Crippen LogP contribution >= 0.6 is 0 Å². The number of carbonyl (C=O) groups is 2. The third-order valence-corrected chi connectivity index (χ3v) is 7.68. The van der Waals surface area contributed by atoms with Gasteiger partial charge in [0, 0.05) is 36.7 Å². The zero-order chi connectivity index (χ0) is 27.0. The van der Waals surface area contributed by atoms with Crippen molar-refractivity contribution in [3.63, 3.8) is 0 Å². The maximum atomic E-state index is 12.7. The van der Waals surface area contributed by atoms with Crippen LogP contribution in [0.5, 0.6) is 0 Å². The number of carboxylic acids is 1. The molecule has 12 heteroatoms. The van der Waals surface area contributed by atoms with Gasteiger partial charge in [0.25, 0.3) is 5.91 Å². The molecule has 4 N–H and O–H groups in total. The Kier molecular flexibility index (Phi) is 8.87. The number of nitrogens with zero attached hydrogens (tertiary/aromatic N) is 3. The molecule has 1 saturated heterocycles. The minimum absolute atomic E-state index is 0.00598. The zero-order valence-electron chi connectivity index (χ0n) is 20.7. The van der Waals surface area contributed by atoms with Gasteiger partial charge in [0.05, 0.1) is 4.90 Å². The molecule has 11 nitrogen and oxygen atoms in total. The van der Waals surface area contributed by atoms with Gasteiger partial charge in [-0.3, -0.25) is 9.59 Å². The summed E-state index contributed by atoms with van der Waals surface area (Å²) in [5.74, 6) is -1.36. The van der Waals surface area contributed by atoms with Crippen molar-refractivity contribution in [2.75, 3.05) is 23.3 Å².